The minimum Gasteiger partial charge on any atom is -0.437 e. The second kappa shape index (κ2) is 37.0. The Kier molecular flexibility index (Phi) is 21.8. The van der Waals surface area contributed by atoms with Crippen LogP contribution in [0.1, 0.15) is 96.2 Å². The van der Waals surface area contributed by atoms with Crippen LogP contribution >= 0.6 is 0 Å². The highest BCUT2D eigenvalue weighted by Crippen LogP contribution is 2.46. The van der Waals surface area contributed by atoms with Gasteiger partial charge in [-0.25, -0.2) is 47.8 Å². The molecular weight excluding hydrogens is 1700 g/mol. The molecule has 15 heterocycles. The van der Waals surface area contributed by atoms with Crippen LogP contribution in [-0.4, -0.2) is 24.9 Å². The smallest absolute Gasteiger partial charge is 0.227 e. The standard InChI is InChI=1S/C26H23N2O.2C25H21N2O.C24H19N2O.C23H25N2O/c1-16-14-22(28(4)15-21(16)19-9-6-5-7-10-19)24-18(3)13-17(2)23-20-11-8-12-27-26(20)29-25(23)24;1-16-14-17(2)23(24-22(16)20-10-7-13-26-25(20)28-24)21-12-11-19(15-27(21)3)18-8-5-4-6-9-18;1-16-11-12-19-20-10-7-13-26-25(20)28-24(19)23(16)22-14-17(2)21(15-27(22)3)18-8-5-4-6-9-18;1-16-10-12-19-20-9-6-14-25-24(20)27-23(19)22(16)21-13-11-18(15-26(21)2)17-7-4-3-5-8-17;1-13(2)17-9-10-25(6)19(12-17)21-15(4)11-14(3)20-18-8-7-16(5)24-23(18)26-22(20)21/h5-15H,1-4H3;2*4-15H,1-3H3;3-15H,1-2H3;7-13H,1-6H3/q5*+1/i;;;;1D3,3D3,13D. The predicted molar refractivity (Wildman–Crippen MR) is 559 cm³/mol. The van der Waals surface area contributed by atoms with Crippen LogP contribution in [0.3, 0.4) is 0 Å². The van der Waals surface area contributed by atoms with E-state index in [4.69, 9.17) is 31.7 Å². The zero-order valence-electron chi connectivity index (χ0n) is 87.2. The van der Waals surface area contributed by atoms with E-state index in [1.165, 1.54) is 95.9 Å². The van der Waals surface area contributed by atoms with Crippen LogP contribution in [0.5, 0.6) is 0 Å². The second-order valence-electron chi connectivity index (χ2n) is 36.1. The molecular formula is C123H109N10O5+5. The van der Waals surface area contributed by atoms with Gasteiger partial charge in [0.15, 0.2) is 58.9 Å². The molecule has 0 N–H and O–H groups in total. The molecule has 138 heavy (non-hydrogen) atoms. The Morgan fingerprint density at radius 3 is 1.04 bits per heavy atom. The van der Waals surface area contributed by atoms with E-state index in [0.717, 1.165) is 116 Å². The van der Waals surface area contributed by atoms with Gasteiger partial charge in [-0.2, -0.15) is 0 Å². The Bertz CT molecular complexity index is 9210. The summed E-state index contributed by atoms with van der Waals surface area (Å²) in [6.45, 7) is 17.3. The highest BCUT2D eigenvalue weighted by atomic mass is 16.4. The van der Waals surface area contributed by atoms with Crippen molar-refractivity contribution in [2.24, 2.45) is 35.2 Å². The number of furan rings is 5. The molecule has 1 atom stereocenters. The number of pyridine rings is 10. The first kappa shape index (κ1) is 81.1. The third-order valence-corrected chi connectivity index (χ3v) is 26.5. The van der Waals surface area contributed by atoms with E-state index in [1.807, 2.05) is 73.1 Å². The van der Waals surface area contributed by atoms with Gasteiger partial charge in [-0.1, -0.05) is 178 Å². The summed E-state index contributed by atoms with van der Waals surface area (Å²) >= 11 is 0. The van der Waals surface area contributed by atoms with Crippen molar-refractivity contribution < 1.29 is 54.5 Å². The van der Waals surface area contributed by atoms with E-state index in [0.29, 0.717) is 67.3 Å². The average molecular weight is 1810 g/mol. The van der Waals surface area contributed by atoms with E-state index in [2.05, 4.69) is 352 Å². The number of aromatic nitrogens is 10. The SMILES string of the molecule is Cc1cc(-c2c(C)cc(C)c3c2oc2ncccc23)[n+](C)cc1-c1ccccc1.Cc1cc(-c2c(C)ccc3c2oc2ncccc23)[n+](C)cc1-c1ccccc1.Cc1cc(C)c2c(oc3ncccc32)c1-c1ccc(-c2ccccc2)c[n+]1C.Cc1ccc2c(oc3ncccc32)c1-c1ccc(-c2ccccc2)c[n+]1C.[2H]C([2H])([2H])c1cc(C)c(-c2cc(C([2H])(C)C([2H])([2H])[2H])cc[n+]2C)c2oc3nc(C)ccc3c12. The monoisotopic (exact) mass is 1810 g/mol. The molecule has 0 saturated carbocycles. The fourth-order valence-electron chi connectivity index (χ4n) is 19.7. The quantitative estimate of drug-likeness (QED) is 0.121. The van der Waals surface area contributed by atoms with E-state index in [-0.39, 0.29) is 5.56 Å². The lowest BCUT2D eigenvalue weighted by Gasteiger charge is -2.11. The van der Waals surface area contributed by atoms with Gasteiger partial charge in [0, 0.05) is 153 Å². The Labute approximate surface area is 812 Å². The molecule has 676 valence electrons. The summed E-state index contributed by atoms with van der Waals surface area (Å²) in [7, 11) is 10.2. The highest BCUT2D eigenvalue weighted by Gasteiger charge is 2.31. The largest absolute Gasteiger partial charge is 0.437 e. The molecule has 15 aromatic heterocycles. The van der Waals surface area contributed by atoms with Crippen molar-refractivity contribution in [3.63, 3.8) is 0 Å². The molecule has 9 aromatic carbocycles. The molecule has 0 fully saturated rings. The first-order valence-electron chi connectivity index (χ1n) is 49.8. The Morgan fingerprint density at radius 2 is 0.616 bits per heavy atom. The number of rotatable bonds is 10. The van der Waals surface area contributed by atoms with Crippen LogP contribution in [0, 0.1) is 76.1 Å². The number of hydrogen-bond acceptors (Lipinski definition) is 10. The molecule has 0 amide bonds. The van der Waals surface area contributed by atoms with Gasteiger partial charge < -0.3 is 22.1 Å². The number of hydrogen-bond donors (Lipinski definition) is 0. The van der Waals surface area contributed by atoms with E-state index < -0.39 is 19.6 Å². The van der Waals surface area contributed by atoms with Crippen molar-refractivity contribution >= 4 is 110 Å². The highest BCUT2D eigenvalue weighted by molar-refractivity contribution is 6.14. The summed E-state index contributed by atoms with van der Waals surface area (Å²) in [6, 6.07) is 92.9. The van der Waals surface area contributed by atoms with Crippen molar-refractivity contribution in [1.82, 2.24) is 24.9 Å². The third kappa shape index (κ3) is 16.6. The van der Waals surface area contributed by atoms with Gasteiger partial charge >= 0.3 is 0 Å². The fraction of sp³-hybridized carbons (Fsp3) is 0.154. The first-order valence-corrected chi connectivity index (χ1v) is 46.3. The molecule has 0 radical (unpaired) electrons. The molecule has 15 nitrogen and oxygen atoms in total. The summed E-state index contributed by atoms with van der Waals surface area (Å²) in [5.74, 6) is -1.83. The minimum absolute atomic E-state index is 0.176. The summed E-state index contributed by atoms with van der Waals surface area (Å²) in [4.78, 5) is 22.1. The average Bonchev–Trinajstić information content (AvgIpc) is 1.58. The third-order valence-electron chi connectivity index (χ3n) is 26.5. The molecule has 1 unspecified atom stereocenters. The lowest BCUT2D eigenvalue weighted by atomic mass is 9.95. The molecule has 24 rings (SSSR count). The molecule has 24 aromatic rings. The Morgan fingerprint density at radius 1 is 0.268 bits per heavy atom. The zero-order chi connectivity index (χ0) is 102. The lowest BCUT2D eigenvalue weighted by molar-refractivity contribution is -0.660. The van der Waals surface area contributed by atoms with Crippen LogP contribution in [0.4, 0.5) is 0 Å². The van der Waals surface area contributed by atoms with Crippen LogP contribution < -0.4 is 22.8 Å². The van der Waals surface area contributed by atoms with Gasteiger partial charge in [0.25, 0.3) is 0 Å². The number of aryl methyl sites for hydroxylation is 16. The summed E-state index contributed by atoms with van der Waals surface area (Å²) in [5.41, 5.74) is 38.7. The van der Waals surface area contributed by atoms with E-state index >= 15 is 0 Å². The second-order valence-corrected chi connectivity index (χ2v) is 36.1. The maximum absolute atomic E-state index is 8.51. The normalized spacial score (nSPS) is 12.8. The molecule has 0 spiro atoms. The van der Waals surface area contributed by atoms with Crippen LogP contribution in [0.2, 0.25) is 0 Å². The van der Waals surface area contributed by atoms with Gasteiger partial charge in [0.05, 0.1) is 27.8 Å². The van der Waals surface area contributed by atoms with Crippen molar-refractivity contribution in [1.29, 1.82) is 0 Å². The number of benzene rings is 9. The van der Waals surface area contributed by atoms with Crippen molar-refractivity contribution in [2.45, 2.75) is 95.8 Å². The summed E-state index contributed by atoms with van der Waals surface area (Å²) < 4.78 is 97.8. The molecule has 15 heteroatoms. The van der Waals surface area contributed by atoms with Crippen molar-refractivity contribution in [3.8, 4) is 101 Å². The fourth-order valence-corrected chi connectivity index (χ4v) is 19.7. The minimum atomic E-state index is -2.53. The predicted octanol–water partition coefficient (Wildman–Crippen LogP) is 28.5. The first-order chi connectivity index (χ1) is 69.6. The maximum atomic E-state index is 8.51. The van der Waals surface area contributed by atoms with Crippen molar-refractivity contribution in [3.05, 3.63) is 396 Å². The molecule has 0 bridgehead atoms. The Balaban J connectivity index is 0.000000111. The van der Waals surface area contributed by atoms with E-state index in [1.54, 1.807) is 56.1 Å². The molecule has 0 aliphatic heterocycles. The molecule has 0 saturated heterocycles. The molecule has 0 aliphatic carbocycles. The number of fused-ring (bicyclic) bond motifs is 15. The topological polar surface area (TPSA) is 150 Å². The summed E-state index contributed by atoms with van der Waals surface area (Å²) in [5, 5.41) is 9.83. The van der Waals surface area contributed by atoms with Crippen LogP contribution in [0.15, 0.2) is 351 Å². The van der Waals surface area contributed by atoms with Crippen LogP contribution in [0.25, 0.3) is 211 Å². The molecule has 0 aliphatic rings. The van der Waals surface area contributed by atoms with Crippen molar-refractivity contribution in [2.75, 3.05) is 0 Å². The van der Waals surface area contributed by atoms with Gasteiger partial charge in [-0.15, -0.1) is 0 Å². The van der Waals surface area contributed by atoms with Gasteiger partial charge in [-0.3, -0.25) is 0 Å². The summed E-state index contributed by atoms with van der Waals surface area (Å²) in [6.07, 6.45) is 17.6. The zero-order valence-corrected chi connectivity index (χ0v) is 80.2. The van der Waals surface area contributed by atoms with Gasteiger partial charge in [-0.05, 0) is 238 Å². The Hall–Kier alpha value is -16.5. The van der Waals surface area contributed by atoms with Crippen LogP contribution in [-0.2, 0) is 35.2 Å². The van der Waals surface area contributed by atoms with E-state index in [9.17, 15) is 0 Å². The van der Waals surface area contributed by atoms with Gasteiger partial charge in [0.1, 0.15) is 35.2 Å². The lowest BCUT2D eigenvalue weighted by Crippen LogP contribution is -2.31. The number of nitrogens with zero attached hydrogens (tertiary/aromatic N) is 10. The van der Waals surface area contributed by atoms with Gasteiger partial charge in [0.2, 0.25) is 57.0 Å². The maximum Gasteiger partial charge on any atom is 0.227 e.